The molecule has 0 heterocycles. The van der Waals surface area contributed by atoms with E-state index in [0.717, 1.165) is 12.8 Å². The van der Waals surface area contributed by atoms with Crippen LogP contribution in [-0.2, 0) is 0 Å². The molecule has 0 unspecified atom stereocenters. The number of nitrogens with zero attached hydrogens (tertiary/aromatic N) is 1. The molecular formula is C18H22LiN. The van der Waals surface area contributed by atoms with Crippen molar-refractivity contribution in [2.24, 2.45) is 0 Å². The van der Waals surface area contributed by atoms with E-state index in [2.05, 4.69) is 74.5 Å². The van der Waals surface area contributed by atoms with Gasteiger partial charge in [-0.2, -0.15) is 0 Å². The van der Waals surface area contributed by atoms with E-state index in [1.54, 1.807) is 0 Å². The van der Waals surface area contributed by atoms with Crippen molar-refractivity contribution in [2.75, 3.05) is 0 Å². The molecule has 0 aromatic heterocycles. The zero-order valence-corrected chi connectivity index (χ0v) is 12.8. The van der Waals surface area contributed by atoms with Gasteiger partial charge < -0.3 is 5.32 Å². The molecule has 2 heteroatoms. The van der Waals surface area contributed by atoms with Gasteiger partial charge in [0.2, 0.25) is 0 Å². The topological polar surface area (TPSA) is 14.1 Å². The second-order valence-corrected chi connectivity index (χ2v) is 4.82. The predicted octanol–water partition coefficient (Wildman–Crippen LogP) is 2.67. The van der Waals surface area contributed by atoms with Crippen LogP contribution in [0.5, 0.6) is 0 Å². The van der Waals surface area contributed by atoms with Gasteiger partial charge in [-0.3, -0.25) is 0 Å². The van der Waals surface area contributed by atoms with Gasteiger partial charge in [0.25, 0.3) is 0 Å². The summed E-state index contributed by atoms with van der Waals surface area (Å²) < 4.78 is 0. The fourth-order valence-electron chi connectivity index (χ4n) is 2.42. The van der Waals surface area contributed by atoms with Crippen molar-refractivity contribution < 1.29 is 18.9 Å². The molecule has 2 aromatic carbocycles. The fraction of sp³-hybridized carbons (Fsp3) is 0.333. The van der Waals surface area contributed by atoms with Gasteiger partial charge in [0.1, 0.15) is 0 Å². The smallest absolute Gasteiger partial charge is 0.649 e. The van der Waals surface area contributed by atoms with Crippen molar-refractivity contribution >= 4 is 0 Å². The van der Waals surface area contributed by atoms with Crippen LogP contribution in [0.25, 0.3) is 5.32 Å². The van der Waals surface area contributed by atoms with Crippen LogP contribution in [0.2, 0.25) is 0 Å². The van der Waals surface area contributed by atoms with Crippen molar-refractivity contribution in [1.82, 2.24) is 0 Å². The molecule has 100 valence electrons. The van der Waals surface area contributed by atoms with Crippen molar-refractivity contribution in [1.29, 1.82) is 0 Å². The van der Waals surface area contributed by atoms with Gasteiger partial charge in [0.05, 0.1) is 0 Å². The van der Waals surface area contributed by atoms with E-state index in [1.165, 1.54) is 11.1 Å². The first-order valence-corrected chi connectivity index (χ1v) is 7.15. The zero-order chi connectivity index (χ0) is 13.5. The minimum atomic E-state index is 0. The summed E-state index contributed by atoms with van der Waals surface area (Å²) >= 11 is 0. The van der Waals surface area contributed by atoms with E-state index in [0.29, 0.717) is 12.1 Å². The van der Waals surface area contributed by atoms with Gasteiger partial charge in [0, 0.05) is 0 Å². The summed E-state index contributed by atoms with van der Waals surface area (Å²) in [5.74, 6) is 0. The summed E-state index contributed by atoms with van der Waals surface area (Å²) in [6, 6.07) is 21.8. The first-order valence-electron chi connectivity index (χ1n) is 7.15. The molecule has 0 fully saturated rings. The van der Waals surface area contributed by atoms with Crippen LogP contribution in [0, 0.1) is 0 Å². The Morgan fingerprint density at radius 1 is 0.700 bits per heavy atom. The SMILES string of the molecule is CC[C@@H]([N-][C@H](CC)c1ccccc1)c1ccccc1.[Li+]. The molecule has 0 aliphatic heterocycles. The number of hydrogen-bond donors (Lipinski definition) is 0. The van der Waals surface area contributed by atoms with Crippen molar-refractivity contribution in [3.8, 4) is 0 Å². The van der Waals surface area contributed by atoms with E-state index in [1.807, 2.05) is 0 Å². The second kappa shape index (κ2) is 9.03. The molecule has 0 amide bonds. The molecule has 0 aliphatic rings. The third-order valence-corrected chi connectivity index (χ3v) is 3.50. The maximum absolute atomic E-state index is 5.05. The second-order valence-electron chi connectivity index (χ2n) is 4.82. The Balaban J connectivity index is 0.00000200. The van der Waals surface area contributed by atoms with Crippen LogP contribution >= 0.6 is 0 Å². The largest absolute Gasteiger partial charge is 1.00 e. The van der Waals surface area contributed by atoms with Crippen molar-refractivity contribution in [3.05, 3.63) is 77.1 Å². The summed E-state index contributed by atoms with van der Waals surface area (Å²) in [6.07, 6.45) is 2.10. The van der Waals surface area contributed by atoms with Crippen LogP contribution in [0.4, 0.5) is 0 Å². The van der Waals surface area contributed by atoms with Gasteiger partial charge in [0.15, 0.2) is 0 Å². The molecule has 2 aromatic rings. The standard InChI is InChI=1S/C18H22N.Li/c1-3-17(15-11-7-5-8-12-15)19-18(4-2)16-13-9-6-10-14-16;/h5-14,17-18H,3-4H2,1-2H3;/q-1;+1/t17-,18-;/m1./s1. The van der Waals surface area contributed by atoms with Gasteiger partial charge in [-0.25, -0.2) is 0 Å². The van der Waals surface area contributed by atoms with Crippen LogP contribution in [0.3, 0.4) is 0 Å². The molecule has 0 radical (unpaired) electrons. The van der Waals surface area contributed by atoms with Gasteiger partial charge >= 0.3 is 18.9 Å². The molecule has 0 spiro atoms. The average molecular weight is 259 g/mol. The molecule has 0 aliphatic carbocycles. The van der Waals surface area contributed by atoms with E-state index in [-0.39, 0.29) is 18.9 Å². The van der Waals surface area contributed by atoms with Crippen LogP contribution in [0.15, 0.2) is 60.7 Å². The molecule has 2 atom stereocenters. The minimum absolute atomic E-state index is 0. The normalized spacial score (nSPS) is 13.3. The monoisotopic (exact) mass is 259 g/mol. The Labute approximate surface area is 135 Å². The third kappa shape index (κ3) is 4.53. The molecule has 0 N–H and O–H groups in total. The summed E-state index contributed by atoms with van der Waals surface area (Å²) in [7, 11) is 0. The van der Waals surface area contributed by atoms with Gasteiger partial charge in [-0.05, 0) is 0 Å². The van der Waals surface area contributed by atoms with Gasteiger partial charge in [-0.15, -0.1) is 12.1 Å². The Kier molecular flexibility index (Phi) is 7.70. The maximum Gasteiger partial charge on any atom is 1.00 e. The number of hydrogen-bond acceptors (Lipinski definition) is 0. The quantitative estimate of drug-likeness (QED) is 0.708. The third-order valence-electron chi connectivity index (χ3n) is 3.50. The Morgan fingerprint density at radius 3 is 1.35 bits per heavy atom. The Hall–Kier alpha value is -1.00. The molecule has 1 nitrogen and oxygen atoms in total. The summed E-state index contributed by atoms with van der Waals surface area (Å²) in [5.41, 5.74) is 2.64. The molecular weight excluding hydrogens is 237 g/mol. The van der Waals surface area contributed by atoms with Gasteiger partial charge in [-0.1, -0.05) is 98.5 Å². The first-order chi connectivity index (χ1) is 9.35. The number of rotatable bonds is 6. The Bertz CT molecular complexity index is 424. The first kappa shape index (κ1) is 17.1. The average Bonchev–Trinajstić information content (AvgIpc) is 2.50. The number of benzene rings is 2. The van der Waals surface area contributed by atoms with Crippen LogP contribution in [0.1, 0.15) is 49.9 Å². The molecule has 0 saturated carbocycles. The maximum atomic E-state index is 5.05. The fourth-order valence-corrected chi connectivity index (χ4v) is 2.42. The van der Waals surface area contributed by atoms with Crippen LogP contribution in [-0.4, -0.2) is 0 Å². The molecule has 0 bridgehead atoms. The van der Waals surface area contributed by atoms with Crippen molar-refractivity contribution in [3.63, 3.8) is 0 Å². The zero-order valence-electron chi connectivity index (χ0n) is 12.8. The minimum Gasteiger partial charge on any atom is -0.649 e. The van der Waals surface area contributed by atoms with Crippen LogP contribution < -0.4 is 18.9 Å². The molecule has 0 saturated heterocycles. The van der Waals surface area contributed by atoms with E-state index >= 15 is 0 Å². The van der Waals surface area contributed by atoms with E-state index in [9.17, 15) is 0 Å². The van der Waals surface area contributed by atoms with E-state index in [4.69, 9.17) is 5.32 Å². The summed E-state index contributed by atoms with van der Waals surface area (Å²) in [4.78, 5) is 0. The summed E-state index contributed by atoms with van der Waals surface area (Å²) in [6.45, 7) is 4.41. The summed E-state index contributed by atoms with van der Waals surface area (Å²) in [5, 5.41) is 5.05. The van der Waals surface area contributed by atoms with Crippen molar-refractivity contribution in [2.45, 2.75) is 38.8 Å². The predicted molar refractivity (Wildman–Crippen MR) is 82.3 cm³/mol. The molecule has 20 heavy (non-hydrogen) atoms. The Morgan fingerprint density at radius 2 is 1.05 bits per heavy atom. The van der Waals surface area contributed by atoms with E-state index < -0.39 is 0 Å². The molecule has 2 rings (SSSR count).